The van der Waals surface area contributed by atoms with Crippen molar-refractivity contribution in [3.05, 3.63) is 131 Å². The van der Waals surface area contributed by atoms with E-state index < -0.39 is 0 Å². The highest BCUT2D eigenvalue weighted by Gasteiger charge is 2.20. The average Bonchev–Trinajstić information content (AvgIpc) is 2.97. The van der Waals surface area contributed by atoms with Crippen LogP contribution in [0.2, 0.25) is 0 Å². The predicted molar refractivity (Wildman–Crippen MR) is 162 cm³/mol. The van der Waals surface area contributed by atoms with Crippen LogP contribution in [0.1, 0.15) is 59.7 Å². The molecule has 0 heterocycles. The van der Waals surface area contributed by atoms with E-state index in [4.69, 9.17) is 4.74 Å². The number of anilines is 1. The lowest BCUT2D eigenvalue weighted by Gasteiger charge is -2.26. The van der Waals surface area contributed by atoms with Crippen molar-refractivity contribution in [3.8, 4) is 5.75 Å². The van der Waals surface area contributed by atoms with Crippen LogP contribution in [0.3, 0.4) is 0 Å². The average molecular weight is 549 g/mol. The number of ether oxygens (including phenoxy) is 1. The lowest BCUT2D eigenvalue weighted by atomic mass is 9.88. The molecule has 0 aliphatic heterocycles. The van der Waals surface area contributed by atoms with Gasteiger partial charge < -0.3 is 15.0 Å². The van der Waals surface area contributed by atoms with Gasteiger partial charge in [0.1, 0.15) is 5.75 Å². The molecule has 0 aliphatic carbocycles. The Morgan fingerprint density at radius 3 is 2.05 bits per heavy atom. The molecular weight excluding hydrogens is 512 g/mol. The second-order valence-electron chi connectivity index (χ2n) is 10.1. The van der Waals surface area contributed by atoms with E-state index >= 15 is 0 Å². The van der Waals surface area contributed by atoms with Gasteiger partial charge in [0.15, 0.2) is 0 Å². The molecule has 0 aliphatic rings. The Kier molecular flexibility index (Phi) is 10.4. The summed E-state index contributed by atoms with van der Waals surface area (Å²) in [7, 11) is 0. The highest BCUT2D eigenvalue weighted by Crippen LogP contribution is 2.28. The second-order valence-corrected chi connectivity index (χ2v) is 10.1. The van der Waals surface area contributed by atoms with E-state index in [1.807, 2.05) is 59.5 Å². The molecule has 4 aromatic rings. The Morgan fingerprint density at radius 2 is 1.41 bits per heavy atom. The molecule has 4 aromatic carbocycles. The molecule has 2 amide bonds. The van der Waals surface area contributed by atoms with Crippen molar-refractivity contribution in [2.75, 3.05) is 18.4 Å². The van der Waals surface area contributed by atoms with Crippen molar-refractivity contribution < 1.29 is 19.1 Å². The Morgan fingerprint density at radius 1 is 0.756 bits per heavy atom. The topological polar surface area (TPSA) is 75.7 Å². The minimum Gasteiger partial charge on any atom is -0.427 e. The van der Waals surface area contributed by atoms with Crippen molar-refractivity contribution in [1.29, 1.82) is 0 Å². The van der Waals surface area contributed by atoms with Crippen LogP contribution in [-0.4, -0.2) is 35.8 Å². The SMILES string of the molecule is CC(=O)Nc1cccc(C(=O)N(CCCc2cccc(OC(C)=O)c2)CCC(c2ccccc2)c2ccccc2)c1. The molecule has 4 rings (SSSR count). The number of carbonyl (C=O) groups excluding carboxylic acids is 3. The molecule has 210 valence electrons. The number of amides is 2. The number of carbonyl (C=O) groups is 3. The predicted octanol–water partition coefficient (Wildman–Crippen LogP) is 6.87. The van der Waals surface area contributed by atoms with Crippen molar-refractivity contribution >= 4 is 23.5 Å². The fourth-order valence-electron chi connectivity index (χ4n) is 5.02. The molecule has 6 heteroatoms. The van der Waals surface area contributed by atoms with Crippen LogP contribution in [0.15, 0.2) is 109 Å². The van der Waals surface area contributed by atoms with Gasteiger partial charge in [-0.3, -0.25) is 14.4 Å². The zero-order valence-electron chi connectivity index (χ0n) is 23.6. The first-order valence-electron chi connectivity index (χ1n) is 13.9. The molecular formula is C35H36N2O4. The number of benzene rings is 4. The summed E-state index contributed by atoms with van der Waals surface area (Å²) in [5.41, 5.74) is 4.58. The van der Waals surface area contributed by atoms with Crippen molar-refractivity contribution in [2.45, 2.75) is 39.0 Å². The van der Waals surface area contributed by atoms with Crippen LogP contribution in [0, 0.1) is 0 Å². The van der Waals surface area contributed by atoms with Gasteiger partial charge in [0, 0.05) is 44.1 Å². The molecule has 0 fully saturated rings. The number of nitrogens with one attached hydrogen (secondary N) is 1. The molecule has 0 spiro atoms. The summed E-state index contributed by atoms with van der Waals surface area (Å²) < 4.78 is 5.23. The standard InChI is InChI=1S/C35H36N2O4/c1-26(38)36-32-19-10-18-31(25-32)35(40)37(22-11-13-28-12-9-20-33(24-28)41-27(2)39)23-21-34(29-14-5-3-6-15-29)30-16-7-4-8-17-30/h3-10,12,14-20,24-25,34H,11,13,21-23H2,1-2H3,(H,36,38). The minimum atomic E-state index is -0.355. The maximum Gasteiger partial charge on any atom is 0.308 e. The third-order valence-corrected chi connectivity index (χ3v) is 6.86. The highest BCUT2D eigenvalue weighted by molar-refractivity contribution is 5.96. The zero-order chi connectivity index (χ0) is 29.0. The fraction of sp³-hybridized carbons (Fsp3) is 0.229. The summed E-state index contributed by atoms with van der Waals surface area (Å²) in [6, 6.07) is 35.3. The smallest absolute Gasteiger partial charge is 0.308 e. The molecule has 1 N–H and O–H groups in total. The number of esters is 1. The minimum absolute atomic E-state index is 0.0780. The Balaban J connectivity index is 1.54. The van der Waals surface area contributed by atoms with Gasteiger partial charge in [0.25, 0.3) is 5.91 Å². The summed E-state index contributed by atoms with van der Waals surface area (Å²) >= 11 is 0. The second kappa shape index (κ2) is 14.6. The van der Waals surface area contributed by atoms with Gasteiger partial charge in [-0.2, -0.15) is 0 Å². The first-order chi connectivity index (χ1) is 19.9. The van der Waals surface area contributed by atoms with E-state index in [1.165, 1.54) is 25.0 Å². The lowest BCUT2D eigenvalue weighted by Crippen LogP contribution is -2.34. The molecule has 0 radical (unpaired) electrons. The molecule has 0 atom stereocenters. The zero-order valence-corrected chi connectivity index (χ0v) is 23.6. The van der Waals surface area contributed by atoms with Crippen LogP contribution in [0.5, 0.6) is 5.75 Å². The molecule has 6 nitrogen and oxygen atoms in total. The molecule has 41 heavy (non-hydrogen) atoms. The van der Waals surface area contributed by atoms with E-state index in [0.29, 0.717) is 30.1 Å². The monoisotopic (exact) mass is 548 g/mol. The maximum absolute atomic E-state index is 13.8. The van der Waals surface area contributed by atoms with Crippen molar-refractivity contribution in [1.82, 2.24) is 4.90 Å². The third-order valence-electron chi connectivity index (χ3n) is 6.86. The van der Waals surface area contributed by atoms with Gasteiger partial charge in [-0.1, -0.05) is 78.9 Å². The quantitative estimate of drug-likeness (QED) is 0.155. The van der Waals surface area contributed by atoms with E-state index in [1.54, 1.807) is 30.3 Å². The summed E-state index contributed by atoms with van der Waals surface area (Å²) in [6.07, 6.45) is 2.22. The number of hydrogen-bond acceptors (Lipinski definition) is 4. The van der Waals surface area contributed by atoms with Crippen LogP contribution in [0.4, 0.5) is 5.69 Å². The Hall–Kier alpha value is -4.71. The summed E-state index contributed by atoms with van der Waals surface area (Å²) in [5, 5.41) is 2.77. The van der Waals surface area contributed by atoms with Gasteiger partial charge in [0.05, 0.1) is 0 Å². The largest absolute Gasteiger partial charge is 0.427 e. The number of rotatable bonds is 12. The summed E-state index contributed by atoms with van der Waals surface area (Å²) in [5.74, 6) is 0.0404. The normalized spacial score (nSPS) is 10.7. The van der Waals surface area contributed by atoms with Crippen LogP contribution in [-0.2, 0) is 16.0 Å². The van der Waals surface area contributed by atoms with Gasteiger partial charge >= 0.3 is 5.97 Å². The maximum atomic E-state index is 13.8. The number of nitrogens with zero attached hydrogens (tertiary/aromatic N) is 1. The van der Waals surface area contributed by atoms with E-state index in [0.717, 1.165) is 24.8 Å². The van der Waals surface area contributed by atoms with Crippen LogP contribution < -0.4 is 10.1 Å². The van der Waals surface area contributed by atoms with Crippen molar-refractivity contribution in [2.24, 2.45) is 0 Å². The molecule has 0 aromatic heterocycles. The third kappa shape index (κ3) is 8.90. The Labute approximate surface area is 242 Å². The van der Waals surface area contributed by atoms with E-state index in [-0.39, 0.29) is 23.7 Å². The van der Waals surface area contributed by atoms with Gasteiger partial charge in [-0.25, -0.2) is 0 Å². The van der Waals surface area contributed by atoms with Gasteiger partial charge in [0.2, 0.25) is 5.91 Å². The molecule has 0 saturated carbocycles. The van der Waals surface area contributed by atoms with Crippen molar-refractivity contribution in [3.63, 3.8) is 0 Å². The molecule has 0 saturated heterocycles. The summed E-state index contributed by atoms with van der Waals surface area (Å²) in [6.45, 7) is 3.95. The van der Waals surface area contributed by atoms with E-state index in [2.05, 4.69) is 29.6 Å². The Bertz CT molecular complexity index is 1410. The lowest BCUT2D eigenvalue weighted by molar-refractivity contribution is -0.131. The van der Waals surface area contributed by atoms with Crippen LogP contribution in [0.25, 0.3) is 0 Å². The summed E-state index contributed by atoms with van der Waals surface area (Å²) in [4.78, 5) is 38.7. The first-order valence-corrected chi connectivity index (χ1v) is 13.9. The molecule has 0 unspecified atom stereocenters. The number of hydrogen-bond donors (Lipinski definition) is 1. The van der Waals surface area contributed by atoms with Crippen LogP contribution >= 0.6 is 0 Å². The molecule has 0 bridgehead atoms. The highest BCUT2D eigenvalue weighted by atomic mass is 16.5. The first kappa shape index (κ1) is 29.3. The van der Waals surface area contributed by atoms with Gasteiger partial charge in [-0.05, 0) is 66.3 Å². The number of aryl methyl sites for hydroxylation is 1. The van der Waals surface area contributed by atoms with E-state index in [9.17, 15) is 14.4 Å². The van der Waals surface area contributed by atoms with Gasteiger partial charge in [-0.15, -0.1) is 0 Å². The fourth-order valence-corrected chi connectivity index (χ4v) is 5.02.